The molecule has 0 aliphatic heterocycles. The van der Waals surface area contributed by atoms with Gasteiger partial charge in [-0.05, 0) is 51.4 Å². The first-order valence-corrected chi connectivity index (χ1v) is 6.64. The zero-order valence-corrected chi connectivity index (χ0v) is 11.0. The van der Waals surface area contributed by atoms with Crippen molar-refractivity contribution in [3.63, 3.8) is 0 Å². The van der Waals surface area contributed by atoms with Crippen LogP contribution in [0.15, 0.2) is 0 Å². The van der Waals surface area contributed by atoms with Crippen molar-refractivity contribution in [2.75, 3.05) is 6.61 Å². The summed E-state index contributed by atoms with van der Waals surface area (Å²) in [6, 6.07) is 0. The maximum Gasteiger partial charge on any atom is 0.311 e. The summed E-state index contributed by atoms with van der Waals surface area (Å²) < 4.78 is 5.16. The van der Waals surface area contributed by atoms with Crippen molar-refractivity contribution in [2.45, 2.75) is 46.5 Å². The van der Waals surface area contributed by atoms with E-state index in [4.69, 9.17) is 4.74 Å². The Hall–Kier alpha value is -0.860. The lowest BCUT2D eigenvalue weighted by atomic mass is 9.76. The highest BCUT2D eigenvalue weighted by molar-refractivity contribution is 5.81. The van der Waals surface area contributed by atoms with Crippen molar-refractivity contribution in [1.82, 2.24) is 0 Å². The van der Waals surface area contributed by atoms with Crippen LogP contribution in [0.2, 0.25) is 0 Å². The van der Waals surface area contributed by atoms with Crippen LogP contribution in [0.5, 0.6) is 0 Å². The number of ketones is 1. The van der Waals surface area contributed by atoms with Gasteiger partial charge in [0.25, 0.3) is 0 Å². The van der Waals surface area contributed by atoms with Gasteiger partial charge in [0, 0.05) is 12.8 Å². The van der Waals surface area contributed by atoms with Crippen LogP contribution in [0.25, 0.3) is 0 Å². The van der Waals surface area contributed by atoms with Crippen LogP contribution in [0, 0.1) is 23.2 Å². The molecule has 2 saturated carbocycles. The molecule has 0 saturated heterocycles. The van der Waals surface area contributed by atoms with E-state index in [0.29, 0.717) is 30.1 Å². The average Bonchev–Trinajstić information content (AvgIpc) is 2.75. The molecule has 2 aliphatic rings. The third-order valence-electron chi connectivity index (χ3n) is 4.64. The molecule has 0 heterocycles. The lowest BCUT2D eigenvalue weighted by molar-refractivity contribution is -0.156. The van der Waals surface area contributed by atoms with E-state index in [1.54, 1.807) is 0 Å². The molecule has 3 atom stereocenters. The zero-order chi connectivity index (χ0) is 12.6. The van der Waals surface area contributed by atoms with Crippen molar-refractivity contribution >= 4 is 11.8 Å². The molecule has 96 valence electrons. The van der Waals surface area contributed by atoms with Gasteiger partial charge in [-0.3, -0.25) is 9.59 Å². The van der Waals surface area contributed by atoms with Crippen LogP contribution in [-0.2, 0) is 14.3 Å². The first kappa shape index (κ1) is 12.6. The number of hydrogen-bond donors (Lipinski definition) is 0. The molecule has 2 fully saturated rings. The Bertz CT molecular complexity index is 316. The third-order valence-corrected chi connectivity index (χ3v) is 4.64. The molecule has 2 rings (SSSR count). The minimum Gasteiger partial charge on any atom is -0.466 e. The van der Waals surface area contributed by atoms with Crippen LogP contribution < -0.4 is 0 Å². The summed E-state index contributed by atoms with van der Waals surface area (Å²) in [6.07, 6.45) is 3.50. The predicted molar refractivity (Wildman–Crippen MR) is 64.4 cm³/mol. The number of carbonyl (C=O) groups excluding carboxylic acids is 2. The van der Waals surface area contributed by atoms with Gasteiger partial charge in [-0.15, -0.1) is 0 Å². The van der Waals surface area contributed by atoms with Crippen molar-refractivity contribution < 1.29 is 14.3 Å². The summed E-state index contributed by atoms with van der Waals surface area (Å²) in [4.78, 5) is 23.3. The fourth-order valence-electron chi connectivity index (χ4n) is 3.45. The van der Waals surface area contributed by atoms with Crippen molar-refractivity contribution in [2.24, 2.45) is 23.2 Å². The molecule has 17 heavy (non-hydrogen) atoms. The summed E-state index contributed by atoms with van der Waals surface area (Å²) in [7, 11) is 0. The number of hydrogen-bond acceptors (Lipinski definition) is 3. The highest BCUT2D eigenvalue weighted by Gasteiger charge is 2.48. The SMILES string of the molecule is CCOC(=O)C(C)(C)C1C[C@H]2CC(=O)C[C@H]2C1. The van der Waals surface area contributed by atoms with Crippen molar-refractivity contribution in [1.29, 1.82) is 0 Å². The second kappa shape index (κ2) is 4.43. The first-order valence-electron chi connectivity index (χ1n) is 6.64. The molecule has 0 amide bonds. The Morgan fingerprint density at radius 1 is 1.29 bits per heavy atom. The second-order valence-electron chi connectivity index (χ2n) is 6.08. The van der Waals surface area contributed by atoms with Crippen LogP contribution in [0.4, 0.5) is 0 Å². The summed E-state index contributed by atoms with van der Waals surface area (Å²) in [5, 5.41) is 0. The van der Waals surface area contributed by atoms with Crippen LogP contribution in [-0.4, -0.2) is 18.4 Å². The molecular weight excluding hydrogens is 216 g/mol. The highest BCUT2D eigenvalue weighted by Crippen LogP contribution is 2.51. The fourth-order valence-corrected chi connectivity index (χ4v) is 3.45. The van der Waals surface area contributed by atoms with Crippen molar-refractivity contribution in [3.8, 4) is 0 Å². The minimum absolute atomic E-state index is 0.0868. The minimum atomic E-state index is -0.399. The number of carbonyl (C=O) groups is 2. The van der Waals surface area contributed by atoms with E-state index >= 15 is 0 Å². The smallest absolute Gasteiger partial charge is 0.311 e. The second-order valence-corrected chi connectivity index (χ2v) is 6.08. The molecule has 0 N–H and O–H groups in total. The predicted octanol–water partition coefficient (Wildman–Crippen LogP) is 2.58. The Morgan fingerprint density at radius 2 is 1.82 bits per heavy atom. The van der Waals surface area contributed by atoms with E-state index in [1.807, 2.05) is 20.8 Å². The van der Waals surface area contributed by atoms with E-state index in [1.165, 1.54) is 0 Å². The van der Waals surface area contributed by atoms with E-state index in [-0.39, 0.29) is 5.97 Å². The van der Waals surface area contributed by atoms with Gasteiger partial charge < -0.3 is 4.74 Å². The molecule has 1 unspecified atom stereocenters. The zero-order valence-electron chi connectivity index (χ0n) is 11.0. The van der Waals surface area contributed by atoms with Gasteiger partial charge >= 0.3 is 5.97 Å². The average molecular weight is 238 g/mol. The number of ether oxygens (including phenoxy) is 1. The lowest BCUT2D eigenvalue weighted by Crippen LogP contribution is -2.34. The Morgan fingerprint density at radius 3 is 2.29 bits per heavy atom. The summed E-state index contributed by atoms with van der Waals surface area (Å²) in [5.41, 5.74) is -0.399. The van der Waals surface area contributed by atoms with Gasteiger partial charge in [0.1, 0.15) is 5.78 Å². The van der Waals surface area contributed by atoms with Gasteiger partial charge in [-0.2, -0.15) is 0 Å². The van der Waals surface area contributed by atoms with Gasteiger partial charge in [-0.25, -0.2) is 0 Å². The van der Waals surface area contributed by atoms with Crippen LogP contribution in [0.1, 0.15) is 46.5 Å². The molecule has 2 aliphatic carbocycles. The summed E-state index contributed by atoms with van der Waals surface area (Å²) >= 11 is 0. The lowest BCUT2D eigenvalue weighted by Gasteiger charge is -2.29. The quantitative estimate of drug-likeness (QED) is 0.710. The van der Waals surface area contributed by atoms with Gasteiger partial charge in [0.2, 0.25) is 0 Å². The molecule has 0 aromatic rings. The first-order chi connectivity index (χ1) is 7.95. The van der Waals surface area contributed by atoms with Gasteiger partial charge in [0.05, 0.1) is 12.0 Å². The van der Waals surface area contributed by atoms with Crippen LogP contribution >= 0.6 is 0 Å². The standard InChI is InChI=1S/C14H22O3/c1-4-17-13(16)14(2,3)11-5-9-7-12(15)8-10(9)6-11/h9-11H,4-8H2,1-3H3/t9-,10+,11?. The molecule has 0 aromatic heterocycles. The largest absolute Gasteiger partial charge is 0.466 e. The molecule has 0 radical (unpaired) electrons. The van der Waals surface area contributed by atoms with Gasteiger partial charge in [0.15, 0.2) is 0 Å². The molecule has 0 aromatic carbocycles. The number of rotatable bonds is 3. The normalized spacial score (nSPS) is 32.6. The van der Waals surface area contributed by atoms with E-state index in [2.05, 4.69) is 0 Å². The number of esters is 1. The van der Waals surface area contributed by atoms with E-state index < -0.39 is 5.41 Å². The van der Waals surface area contributed by atoms with Gasteiger partial charge in [-0.1, -0.05) is 0 Å². The Balaban J connectivity index is 2.01. The topological polar surface area (TPSA) is 43.4 Å². The molecule has 0 bridgehead atoms. The maximum absolute atomic E-state index is 11.9. The Labute approximate surface area is 103 Å². The number of fused-ring (bicyclic) bond motifs is 1. The molecule has 3 nitrogen and oxygen atoms in total. The monoisotopic (exact) mass is 238 g/mol. The third kappa shape index (κ3) is 2.24. The maximum atomic E-state index is 11.9. The highest BCUT2D eigenvalue weighted by atomic mass is 16.5. The molecule has 0 spiro atoms. The number of Topliss-reactive ketones (excluding diaryl/α,β-unsaturated/α-hetero) is 1. The Kier molecular flexibility index (Phi) is 3.28. The van der Waals surface area contributed by atoms with E-state index in [0.717, 1.165) is 25.7 Å². The fraction of sp³-hybridized carbons (Fsp3) is 0.857. The van der Waals surface area contributed by atoms with Crippen molar-refractivity contribution in [3.05, 3.63) is 0 Å². The summed E-state index contributed by atoms with van der Waals surface area (Å²) in [6.45, 7) is 6.26. The van der Waals surface area contributed by atoms with E-state index in [9.17, 15) is 9.59 Å². The van der Waals surface area contributed by atoms with Crippen LogP contribution in [0.3, 0.4) is 0 Å². The summed E-state index contributed by atoms with van der Waals surface area (Å²) in [5.74, 6) is 1.76. The molecule has 3 heteroatoms. The molecular formula is C14H22O3.